The van der Waals surface area contributed by atoms with Crippen LogP contribution in [0.15, 0.2) is 103 Å². The number of hydrogen-bond acceptors (Lipinski definition) is 11. The van der Waals surface area contributed by atoms with E-state index >= 15 is 0 Å². The van der Waals surface area contributed by atoms with E-state index in [1.165, 1.54) is 24.0 Å². The molecule has 4 aliphatic heterocycles. The molecular weight excluding hydrogens is 947 g/mol. The van der Waals surface area contributed by atoms with Crippen molar-refractivity contribution in [2.75, 3.05) is 69.6 Å². The standard InChI is InChI=1S/C55H67N5O10Si2/c1-65-48-29-42-44(59(35-67-23-25-71(3,4)5)54(63)46-27-38(33-57(46)52(42)61)16-15-37-13-10-9-11-14-37)31-50(48)69-21-12-22-70-51-32-45-43(30-49(51)66-2)53(62)58-34-40(39-17-19-41(56)20-18-39)28-47(58)55(64)60(45)36-68-24-26-72(6,7)8/h9-11,13-20,29-34,46-47H,12,21-28,35-36,56H2,1-8H3/t46-,47-/m0/s1. The van der Waals surface area contributed by atoms with Crippen LogP contribution in [0.5, 0.6) is 23.0 Å². The first-order valence-electron chi connectivity index (χ1n) is 24.6. The number of rotatable bonds is 21. The highest BCUT2D eigenvalue weighted by molar-refractivity contribution is 6.76. The van der Waals surface area contributed by atoms with Gasteiger partial charge in [0.15, 0.2) is 23.0 Å². The van der Waals surface area contributed by atoms with Gasteiger partial charge in [0.25, 0.3) is 23.6 Å². The Balaban J connectivity index is 1.01. The van der Waals surface area contributed by atoms with Gasteiger partial charge in [-0.25, -0.2) is 0 Å². The largest absolute Gasteiger partial charge is 0.493 e. The highest BCUT2D eigenvalue weighted by Crippen LogP contribution is 2.43. The summed E-state index contributed by atoms with van der Waals surface area (Å²) in [5, 5.41) is 0. The lowest BCUT2D eigenvalue weighted by atomic mass is 10.0. The highest BCUT2D eigenvalue weighted by atomic mass is 28.3. The van der Waals surface area contributed by atoms with Crippen LogP contribution >= 0.6 is 0 Å². The van der Waals surface area contributed by atoms with Crippen LogP contribution in [-0.4, -0.2) is 116 Å². The number of amides is 4. The summed E-state index contributed by atoms with van der Waals surface area (Å²) < 4.78 is 36.6. The first-order chi connectivity index (χ1) is 34.4. The fraction of sp³-hybridized carbons (Fsp3) is 0.382. The lowest BCUT2D eigenvalue weighted by molar-refractivity contribution is -0.123. The fourth-order valence-electron chi connectivity index (χ4n) is 8.91. The van der Waals surface area contributed by atoms with Crippen LogP contribution in [0.3, 0.4) is 0 Å². The minimum Gasteiger partial charge on any atom is -0.493 e. The van der Waals surface area contributed by atoms with Crippen molar-refractivity contribution in [3.8, 4) is 23.0 Å². The number of fused-ring (bicyclic) bond motifs is 4. The number of carbonyl (C=O) groups excluding carboxylic acids is 4. The Morgan fingerprint density at radius 1 is 0.597 bits per heavy atom. The van der Waals surface area contributed by atoms with E-state index in [-0.39, 0.29) is 61.4 Å². The second-order valence-corrected chi connectivity index (χ2v) is 32.2. The zero-order chi connectivity index (χ0) is 51.3. The van der Waals surface area contributed by atoms with E-state index in [1.807, 2.05) is 54.6 Å². The molecule has 0 radical (unpaired) electrons. The first kappa shape index (κ1) is 51.7. The van der Waals surface area contributed by atoms with Crippen molar-refractivity contribution >= 4 is 68.5 Å². The minimum absolute atomic E-state index is 0.0371. The summed E-state index contributed by atoms with van der Waals surface area (Å²) in [6, 6.07) is 24.1. The molecular formula is C55H67N5O10Si2. The molecule has 2 N–H and O–H groups in total. The summed E-state index contributed by atoms with van der Waals surface area (Å²) in [6.45, 7) is 14.8. The molecule has 4 aliphatic rings. The van der Waals surface area contributed by atoms with Crippen LogP contribution in [0.4, 0.5) is 17.1 Å². The molecule has 0 saturated carbocycles. The minimum atomic E-state index is -1.44. The average Bonchev–Trinajstić information content (AvgIpc) is 3.97. The van der Waals surface area contributed by atoms with E-state index in [4.69, 9.17) is 34.2 Å². The second-order valence-electron chi connectivity index (χ2n) is 20.9. The molecule has 4 heterocycles. The molecule has 0 aliphatic carbocycles. The quantitative estimate of drug-likeness (QED) is 0.0481. The Hall–Kier alpha value is -6.67. The summed E-state index contributed by atoms with van der Waals surface area (Å²) in [5.74, 6) is 0.119. The third-order valence-corrected chi connectivity index (χ3v) is 16.5. The van der Waals surface area contributed by atoms with Gasteiger partial charge in [0.05, 0.1) is 49.9 Å². The monoisotopic (exact) mass is 1010 g/mol. The molecule has 0 saturated heterocycles. The molecule has 0 spiro atoms. The third kappa shape index (κ3) is 11.8. The fourth-order valence-corrected chi connectivity index (χ4v) is 10.4. The molecule has 380 valence electrons. The number of hydrogen-bond donors (Lipinski definition) is 1. The number of methoxy groups -OCH3 is 2. The molecule has 15 nitrogen and oxygen atoms in total. The van der Waals surface area contributed by atoms with Crippen molar-refractivity contribution in [1.29, 1.82) is 0 Å². The van der Waals surface area contributed by atoms with Gasteiger partial charge in [-0.15, -0.1) is 0 Å². The molecule has 17 heteroatoms. The zero-order valence-electron chi connectivity index (χ0n) is 42.7. The van der Waals surface area contributed by atoms with E-state index in [1.54, 1.807) is 58.6 Å². The number of allylic oxidation sites excluding steroid dienone is 1. The van der Waals surface area contributed by atoms with Gasteiger partial charge in [-0.05, 0) is 58.6 Å². The van der Waals surface area contributed by atoms with Gasteiger partial charge in [-0.3, -0.25) is 29.0 Å². The predicted octanol–water partition coefficient (Wildman–Crippen LogP) is 9.52. The molecule has 72 heavy (non-hydrogen) atoms. The average molecular weight is 1010 g/mol. The number of ether oxygens (including phenoxy) is 6. The summed E-state index contributed by atoms with van der Waals surface area (Å²) in [7, 11) is 0.127. The van der Waals surface area contributed by atoms with Crippen molar-refractivity contribution in [3.05, 3.63) is 125 Å². The molecule has 2 atom stereocenters. The van der Waals surface area contributed by atoms with E-state index in [0.29, 0.717) is 72.5 Å². The van der Waals surface area contributed by atoms with Crippen LogP contribution in [0.1, 0.15) is 51.1 Å². The lowest BCUT2D eigenvalue weighted by Crippen LogP contribution is -2.45. The maximum absolute atomic E-state index is 14.6. The number of nitrogens with zero attached hydrogens (tertiary/aromatic N) is 4. The maximum atomic E-state index is 14.6. The van der Waals surface area contributed by atoms with Gasteiger partial charge in [0.1, 0.15) is 25.5 Å². The van der Waals surface area contributed by atoms with Crippen LogP contribution in [-0.2, 0) is 19.1 Å². The Morgan fingerprint density at radius 2 is 1.10 bits per heavy atom. The summed E-state index contributed by atoms with van der Waals surface area (Å²) >= 11 is 0. The van der Waals surface area contributed by atoms with Crippen molar-refractivity contribution in [3.63, 3.8) is 0 Å². The van der Waals surface area contributed by atoms with E-state index in [0.717, 1.165) is 34.4 Å². The summed E-state index contributed by atoms with van der Waals surface area (Å²) in [6.07, 6.45) is 8.50. The highest BCUT2D eigenvalue weighted by Gasteiger charge is 2.45. The van der Waals surface area contributed by atoms with Crippen molar-refractivity contribution in [2.24, 2.45) is 0 Å². The van der Waals surface area contributed by atoms with Crippen LogP contribution < -0.4 is 34.5 Å². The Morgan fingerprint density at radius 3 is 1.60 bits per heavy atom. The normalized spacial score (nSPS) is 17.8. The zero-order valence-corrected chi connectivity index (χ0v) is 44.7. The summed E-state index contributed by atoms with van der Waals surface area (Å²) in [4.78, 5) is 64.1. The number of nitrogens with two attached hydrogens (primary N) is 1. The molecule has 0 unspecified atom stereocenters. The van der Waals surface area contributed by atoms with Gasteiger partial charge < -0.3 is 44.0 Å². The number of nitrogen functional groups attached to an aromatic ring is 1. The van der Waals surface area contributed by atoms with E-state index < -0.39 is 28.2 Å². The second kappa shape index (κ2) is 22.0. The van der Waals surface area contributed by atoms with Crippen LogP contribution in [0.25, 0.3) is 11.6 Å². The predicted molar refractivity (Wildman–Crippen MR) is 286 cm³/mol. The molecule has 0 fully saturated rings. The summed E-state index contributed by atoms with van der Waals surface area (Å²) in [5.41, 5.74) is 11.5. The van der Waals surface area contributed by atoms with Crippen LogP contribution in [0.2, 0.25) is 51.4 Å². The van der Waals surface area contributed by atoms with Gasteiger partial charge in [0, 0.05) is 78.8 Å². The van der Waals surface area contributed by atoms with Crippen molar-refractivity contribution < 1.29 is 47.6 Å². The molecule has 4 aromatic carbocycles. The molecule has 4 aromatic rings. The Kier molecular flexibility index (Phi) is 15.8. The van der Waals surface area contributed by atoms with Crippen molar-refractivity contribution in [1.82, 2.24) is 9.80 Å². The van der Waals surface area contributed by atoms with Gasteiger partial charge in [-0.1, -0.05) is 93.9 Å². The Bertz CT molecular complexity index is 2770. The molecule has 4 amide bonds. The topological polar surface area (TPSA) is 163 Å². The van der Waals surface area contributed by atoms with E-state index in [2.05, 4.69) is 39.3 Å². The Labute approximate surface area is 424 Å². The molecule has 0 bridgehead atoms. The van der Waals surface area contributed by atoms with Gasteiger partial charge in [-0.2, -0.15) is 0 Å². The van der Waals surface area contributed by atoms with Crippen LogP contribution in [0, 0.1) is 0 Å². The molecule has 8 rings (SSSR count). The SMILES string of the molecule is COc1cc2c(cc1OCCCOc1cc3c(cc1OC)C(=O)N1C=C(c4ccc(N)cc4)C[C@H]1C(=O)N3COCC[Si](C)(C)C)N(COCC[Si](C)(C)C)C(=O)[C@@H]1CC(C=Cc3ccccc3)=CN1C2=O. The van der Waals surface area contributed by atoms with E-state index in [9.17, 15) is 19.2 Å². The number of benzene rings is 4. The number of anilines is 3. The lowest BCUT2D eigenvalue weighted by Gasteiger charge is -2.27. The first-order valence-corrected chi connectivity index (χ1v) is 32.0. The van der Waals surface area contributed by atoms with Crippen molar-refractivity contribution in [2.45, 2.75) is 82.7 Å². The molecule has 0 aromatic heterocycles. The maximum Gasteiger partial charge on any atom is 0.260 e. The smallest absolute Gasteiger partial charge is 0.260 e. The number of carbonyl (C=O) groups is 4. The van der Waals surface area contributed by atoms with Gasteiger partial charge in [0.2, 0.25) is 0 Å². The van der Waals surface area contributed by atoms with Gasteiger partial charge >= 0.3 is 0 Å². The third-order valence-electron chi connectivity index (χ3n) is 13.1.